The van der Waals surface area contributed by atoms with Crippen molar-refractivity contribution in [1.82, 2.24) is 4.90 Å². The monoisotopic (exact) mass is 547 g/mol. The highest BCUT2D eigenvalue weighted by atomic mass is 16.7. The van der Waals surface area contributed by atoms with Crippen LogP contribution in [0.4, 0.5) is 5.69 Å². The summed E-state index contributed by atoms with van der Waals surface area (Å²) in [5.41, 5.74) is 8.69. The molecule has 0 aliphatic carbocycles. The van der Waals surface area contributed by atoms with Crippen LogP contribution >= 0.6 is 0 Å². The fourth-order valence-electron chi connectivity index (χ4n) is 4.93. The fourth-order valence-corrected chi connectivity index (χ4v) is 4.93. The van der Waals surface area contributed by atoms with Gasteiger partial charge in [0.25, 0.3) is 11.7 Å². The van der Waals surface area contributed by atoms with Crippen molar-refractivity contribution >= 4 is 41.2 Å². The molecule has 1 unspecified atom stereocenters. The maximum absolute atomic E-state index is 14.2. The van der Waals surface area contributed by atoms with Crippen molar-refractivity contribution in [3.8, 4) is 0 Å². The van der Waals surface area contributed by atoms with Gasteiger partial charge in [0.1, 0.15) is 6.04 Å². The Hall–Kier alpha value is -4.63. The van der Waals surface area contributed by atoms with Crippen LogP contribution in [0.15, 0.2) is 65.8 Å². The van der Waals surface area contributed by atoms with Gasteiger partial charge in [-0.1, -0.05) is 74.5 Å². The van der Waals surface area contributed by atoms with Crippen molar-refractivity contribution in [3.63, 3.8) is 0 Å². The summed E-state index contributed by atoms with van der Waals surface area (Å²) in [5, 5.41) is 13.8. The van der Waals surface area contributed by atoms with Crippen molar-refractivity contribution in [3.05, 3.63) is 71.8 Å². The Balaban J connectivity index is 2.09. The highest BCUT2D eigenvalue weighted by Gasteiger charge is 2.53. The molecule has 2 aromatic rings. The van der Waals surface area contributed by atoms with Crippen molar-refractivity contribution in [2.24, 2.45) is 11.1 Å². The molecular formula is C29H33N5O6. The number of ketones is 1. The summed E-state index contributed by atoms with van der Waals surface area (Å²) in [6.07, 6.45) is 0.0363. The van der Waals surface area contributed by atoms with Crippen LogP contribution in [-0.4, -0.2) is 69.4 Å². The summed E-state index contributed by atoms with van der Waals surface area (Å²) in [6, 6.07) is 15.7. The number of carbonyl (C=O) groups is 4. The first-order valence-corrected chi connectivity index (χ1v) is 12.9. The summed E-state index contributed by atoms with van der Waals surface area (Å²) in [7, 11) is 1.29. The smallest absolute Gasteiger partial charge is 0.325 e. The quantitative estimate of drug-likeness (QED) is 0.244. The molecule has 3 rings (SSSR count). The largest absolute Gasteiger partial charge is 0.481 e. The number of likely N-dealkylation sites (N-methyl/N-ethyl adjacent to an activating group) is 1. The van der Waals surface area contributed by atoms with E-state index >= 15 is 0 Å². The van der Waals surface area contributed by atoms with Crippen LogP contribution in [-0.2, 0) is 29.6 Å². The van der Waals surface area contributed by atoms with Gasteiger partial charge in [-0.25, -0.2) is 0 Å². The van der Waals surface area contributed by atoms with Crippen LogP contribution in [0.25, 0.3) is 5.53 Å². The Morgan fingerprint density at radius 1 is 1.10 bits per heavy atom. The number of carbonyl (C=O) groups excluding carboxylic acids is 3. The first-order valence-electron chi connectivity index (χ1n) is 12.9. The Bertz CT molecular complexity index is 1320. The number of nitrogens with zero attached hydrogens (tertiary/aromatic N) is 5. The van der Waals surface area contributed by atoms with E-state index in [2.05, 4.69) is 9.95 Å². The van der Waals surface area contributed by atoms with Gasteiger partial charge in [-0.3, -0.25) is 19.2 Å². The summed E-state index contributed by atoms with van der Waals surface area (Å²) in [5.74, 6) is -3.16. The number of oxime groups is 1. The number of amides is 2. The first-order chi connectivity index (χ1) is 19.1. The van der Waals surface area contributed by atoms with Gasteiger partial charge in [-0.05, 0) is 18.1 Å². The molecule has 0 spiro atoms. The lowest BCUT2D eigenvalue weighted by atomic mass is 9.83. The van der Waals surface area contributed by atoms with Crippen LogP contribution in [0.5, 0.6) is 0 Å². The second kappa shape index (κ2) is 12.9. The molecule has 0 fully saturated rings. The second-order valence-electron chi connectivity index (χ2n) is 9.86. The average molecular weight is 548 g/mol. The lowest BCUT2D eigenvalue weighted by Crippen LogP contribution is -2.54. The number of para-hydroxylation sites is 1. The molecule has 11 heteroatoms. The van der Waals surface area contributed by atoms with Crippen molar-refractivity contribution < 1.29 is 33.9 Å². The number of carboxylic acid groups (broad SMARTS) is 1. The normalized spacial score (nSPS) is 17.6. The molecule has 11 nitrogen and oxygen atoms in total. The molecule has 210 valence electrons. The molecule has 0 radical (unpaired) electrons. The molecule has 0 bridgehead atoms. The van der Waals surface area contributed by atoms with E-state index in [1.54, 1.807) is 42.2 Å². The van der Waals surface area contributed by atoms with Gasteiger partial charge in [-0.2, -0.15) is 4.79 Å². The second-order valence-corrected chi connectivity index (χ2v) is 9.86. The standard InChI is InChI=1S/C29H33N5O6/c1-5-25(36)34(21-14-10-7-11-15-21)27(19(2)3)22-17-29(40-32-22,20-12-8-6-9-13-20)28(39)33(4)23(16-26(37)38)24(35)18-31-30/h6-15,18-19,23,27H,5,16-17H2,1-4H3,(H,37,38)/t23-,27-,29?/m0/s1. The lowest BCUT2D eigenvalue weighted by molar-refractivity contribution is -0.160. The number of carboxylic acids is 1. The number of anilines is 1. The molecule has 2 aromatic carbocycles. The van der Waals surface area contributed by atoms with Gasteiger partial charge >= 0.3 is 12.2 Å². The zero-order chi connectivity index (χ0) is 29.4. The molecule has 1 N–H and O–H groups in total. The number of benzene rings is 2. The topological polar surface area (TPSA) is 153 Å². The maximum atomic E-state index is 14.2. The summed E-state index contributed by atoms with van der Waals surface area (Å²) in [4.78, 5) is 62.9. The van der Waals surface area contributed by atoms with E-state index in [4.69, 9.17) is 10.4 Å². The minimum Gasteiger partial charge on any atom is -0.481 e. The Kier molecular flexibility index (Phi) is 9.68. The van der Waals surface area contributed by atoms with E-state index in [0.29, 0.717) is 23.2 Å². The SMILES string of the molecule is CCC(=O)N(c1ccccc1)[C@H](C1=NOC(C(=O)N(C)[C@@H](CC(=O)O)C(=O)C=[N+]=[N-])(c2ccccc2)C1)C(C)C. The van der Waals surface area contributed by atoms with Crippen LogP contribution in [0.3, 0.4) is 0 Å². The summed E-state index contributed by atoms with van der Waals surface area (Å²) in [6.45, 7) is 5.65. The molecule has 1 aliphatic rings. The summed E-state index contributed by atoms with van der Waals surface area (Å²) < 4.78 is 0. The van der Waals surface area contributed by atoms with Crippen molar-refractivity contribution in [2.75, 3.05) is 11.9 Å². The third-order valence-electron chi connectivity index (χ3n) is 6.86. The summed E-state index contributed by atoms with van der Waals surface area (Å²) >= 11 is 0. The lowest BCUT2D eigenvalue weighted by Gasteiger charge is -2.36. The number of hydrogen-bond donors (Lipinski definition) is 1. The predicted octanol–water partition coefficient (Wildman–Crippen LogP) is 3.30. The molecule has 1 heterocycles. The molecular weight excluding hydrogens is 514 g/mol. The van der Waals surface area contributed by atoms with Gasteiger partial charge in [0, 0.05) is 31.1 Å². The van der Waals surface area contributed by atoms with Gasteiger partial charge < -0.3 is 25.3 Å². The van der Waals surface area contributed by atoms with E-state index < -0.39 is 41.8 Å². The fraction of sp³-hybridized carbons (Fsp3) is 0.379. The minimum absolute atomic E-state index is 0.0502. The van der Waals surface area contributed by atoms with E-state index in [-0.39, 0.29) is 24.7 Å². The molecule has 40 heavy (non-hydrogen) atoms. The highest BCUT2D eigenvalue weighted by molar-refractivity contribution is 6.28. The van der Waals surface area contributed by atoms with Crippen LogP contribution in [0.1, 0.15) is 45.6 Å². The molecule has 0 aromatic heterocycles. The Morgan fingerprint density at radius 2 is 1.70 bits per heavy atom. The van der Waals surface area contributed by atoms with Crippen LogP contribution in [0, 0.1) is 5.92 Å². The zero-order valence-corrected chi connectivity index (χ0v) is 22.9. The molecule has 0 saturated carbocycles. The van der Waals surface area contributed by atoms with Gasteiger partial charge in [0.2, 0.25) is 11.5 Å². The van der Waals surface area contributed by atoms with E-state index in [9.17, 15) is 24.3 Å². The van der Waals surface area contributed by atoms with E-state index in [1.807, 2.05) is 44.2 Å². The van der Waals surface area contributed by atoms with Crippen molar-refractivity contribution in [1.29, 1.82) is 0 Å². The van der Waals surface area contributed by atoms with E-state index in [0.717, 1.165) is 4.90 Å². The molecule has 2 amide bonds. The predicted molar refractivity (Wildman–Crippen MR) is 148 cm³/mol. The van der Waals surface area contributed by atoms with Crippen LogP contribution < -0.4 is 4.90 Å². The highest BCUT2D eigenvalue weighted by Crippen LogP contribution is 2.40. The average Bonchev–Trinajstić information content (AvgIpc) is 3.40. The van der Waals surface area contributed by atoms with Gasteiger partial charge in [0.15, 0.2) is 0 Å². The minimum atomic E-state index is -1.73. The molecule has 1 aliphatic heterocycles. The Morgan fingerprint density at radius 3 is 2.23 bits per heavy atom. The molecule has 0 saturated heterocycles. The van der Waals surface area contributed by atoms with Gasteiger partial charge in [-0.15, -0.1) is 0 Å². The maximum Gasteiger partial charge on any atom is 0.325 e. The molecule has 3 atom stereocenters. The number of hydrogen-bond acceptors (Lipinski definition) is 6. The van der Waals surface area contributed by atoms with Crippen molar-refractivity contribution in [2.45, 2.75) is 57.7 Å². The zero-order valence-electron chi connectivity index (χ0n) is 22.9. The third kappa shape index (κ3) is 6.16. The van der Waals surface area contributed by atoms with E-state index in [1.165, 1.54) is 7.05 Å². The number of rotatable bonds is 12. The Labute approximate surface area is 232 Å². The van der Waals surface area contributed by atoms with Gasteiger partial charge in [0.05, 0.1) is 18.2 Å². The number of aliphatic carboxylic acids is 1. The first kappa shape index (κ1) is 29.9. The number of Topliss-reactive ketones (excluding diaryl/α,β-unsaturated/α-hetero) is 1. The third-order valence-corrected chi connectivity index (χ3v) is 6.86. The van der Waals surface area contributed by atoms with Crippen LogP contribution in [0.2, 0.25) is 0 Å².